The van der Waals surface area contributed by atoms with E-state index in [4.69, 9.17) is 0 Å². The Hall–Kier alpha value is -2.62. The standard InChI is InChI=1S/C18H18N2O2/c1-12-5-4-6-14(11-12)19-18(22)15-7-2-3-8-16(15)20-17(21)13-9-10-13/h2-8,11,13H,9-10H2,1H3,(H,19,22)(H,20,21). The molecule has 1 fully saturated rings. The molecule has 22 heavy (non-hydrogen) atoms. The van der Waals surface area contributed by atoms with Crippen LogP contribution in [-0.4, -0.2) is 11.8 Å². The van der Waals surface area contributed by atoms with Crippen LogP contribution in [0.2, 0.25) is 0 Å². The van der Waals surface area contributed by atoms with Crippen LogP contribution < -0.4 is 10.6 Å². The van der Waals surface area contributed by atoms with Crippen molar-refractivity contribution in [3.8, 4) is 0 Å². The van der Waals surface area contributed by atoms with Gasteiger partial charge in [0.25, 0.3) is 5.91 Å². The van der Waals surface area contributed by atoms with Crippen LogP contribution in [0.4, 0.5) is 11.4 Å². The third-order valence-electron chi connectivity index (χ3n) is 3.65. The first-order valence-corrected chi connectivity index (χ1v) is 7.41. The van der Waals surface area contributed by atoms with E-state index in [1.165, 1.54) is 0 Å². The molecular formula is C18H18N2O2. The smallest absolute Gasteiger partial charge is 0.257 e. The van der Waals surface area contributed by atoms with Gasteiger partial charge in [-0.05, 0) is 49.6 Å². The van der Waals surface area contributed by atoms with Crippen LogP contribution in [0.25, 0.3) is 0 Å². The fourth-order valence-corrected chi connectivity index (χ4v) is 2.29. The average molecular weight is 294 g/mol. The molecule has 2 N–H and O–H groups in total. The normalized spacial score (nSPS) is 13.5. The Morgan fingerprint density at radius 3 is 2.50 bits per heavy atom. The van der Waals surface area contributed by atoms with E-state index >= 15 is 0 Å². The molecular weight excluding hydrogens is 276 g/mol. The zero-order valence-electron chi connectivity index (χ0n) is 12.4. The van der Waals surface area contributed by atoms with Gasteiger partial charge in [-0.3, -0.25) is 9.59 Å². The van der Waals surface area contributed by atoms with E-state index in [0.29, 0.717) is 11.3 Å². The minimum Gasteiger partial charge on any atom is -0.325 e. The molecule has 112 valence electrons. The maximum absolute atomic E-state index is 12.5. The molecule has 4 heteroatoms. The van der Waals surface area contributed by atoms with Gasteiger partial charge in [-0.25, -0.2) is 0 Å². The molecule has 0 saturated heterocycles. The maximum atomic E-state index is 12.5. The Bertz CT molecular complexity index is 721. The highest BCUT2D eigenvalue weighted by Gasteiger charge is 2.30. The van der Waals surface area contributed by atoms with Gasteiger partial charge < -0.3 is 10.6 Å². The molecule has 2 aromatic carbocycles. The summed E-state index contributed by atoms with van der Waals surface area (Å²) in [5, 5.41) is 5.72. The number of carbonyl (C=O) groups excluding carboxylic acids is 2. The number of rotatable bonds is 4. The topological polar surface area (TPSA) is 58.2 Å². The fourth-order valence-electron chi connectivity index (χ4n) is 2.29. The fraction of sp³-hybridized carbons (Fsp3) is 0.222. The lowest BCUT2D eigenvalue weighted by atomic mass is 10.1. The molecule has 0 aromatic heterocycles. The van der Waals surface area contributed by atoms with Gasteiger partial charge in [-0.15, -0.1) is 0 Å². The second-order valence-electron chi connectivity index (χ2n) is 5.63. The van der Waals surface area contributed by atoms with Crippen molar-refractivity contribution in [2.75, 3.05) is 10.6 Å². The largest absolute Gasteiger partial charge is 0.325 e. The van der Waals surface area contributed by atoms with Crippen LogP contribution in [0.3, 0.4) is 0 Å². The number of para-hydroxylation sites is 1. The second-order valence-corrected chi connectivity index (χ2v) is 5.63. The third-order valence-corrected chi connectivity index (χ3v) is 3.65. The lowest BCUT2D eigenvalue weighted by Gasteiger charge is -2.11. The van der Waals surface area contributed by atoms with Crippen LogP contribution in [-0.2, 0) is 4.79 Å². The summed E-state index contributed by atoms with van der Waals surface area (Å²) in [4.78, 5) is 24.4. The Morgan fingerprint density at radius 2 is 1.77 bits per heavy atom. The third kappa shape index (κ3) is 3.34. The van der Waals surface area contributed by atoms with Gasteiger partial charge >= 0.3 is 0 Å². The van der Waals surface area contributed by atoms with E-state index in [9.17, 15) is 9.59 Å². The minimum absolute atomic E-state index is 0.00388. The molecule has 1 aliphatic carbocycles. The number of carbonyl (C=O) groups is 2. The van der Waals surface area contributed by atoms with E-state index in [1.54, 1.807) is 18.2 Å². The summed E-state index contributed by atoms with van der Waals surface area (Å²) in [6.07, 6.45) is 1.87. The van der Waals surface area contributed by atoms with Crippen molar-refractivity contribution in [3.05, 3.63) is 59.7 Å². The SMILES string of the molecule is Cc1cccc(NC(=O)c2ccccc2NC(=O)C2CC2)c1. The van der Waals surface area contributed by atoms with Gasteiger partial charge in [-0.2, -0.15) is 0 Å². The van der Waals surface area contributed by atoms with Crippen LogP contribution in [0.5, 0.6) is 0 Å². The Morgan fingerprint density at radius 1 is 1.00 bits per heavy atom. The Balaban J connectivity index is 1.78. The summed E-state index contributed by atoms with van der Waals surface area (Å²) in [6, 6.07) is 14.7. The van der Waals surface area contributed by atoms with Crippen molar-refractivity contribution in [3.63, 3.8) is 0 Å². The van der Waals surface area contributed by atoms with Gasteiger partial charge in [0.2, 0.25) is 5.91 Å². The van der Waals surface area contributed by atoms with Gasteiger partial charge in [0, 0.05) is 11.6 Å². The van der Waals surface area contributed by atoms with Gasteiger partial charge in [0.05, 0.1) is 11.3 Å². The number of benzene rings is 2. The Labute approximate surface area is 129 Å². The van der Waals surface area contributed by atoms with Crippen LogP contribution in [0.1, 0.15) is 28.8 Å². The summed E-state index contributed by atoms with van der Waals surface area (Å²) >= 11 is 0. The quantitative estimate of drug-likeness (QED) is 0.905. The van der Waals surface area contributed by atoms with Crippen molar-refractivity contribution < 1.29 is 9.59 Å². The van der Waals surface area contributed by atoms with Gasteiger partial charge in [0.1, 0.15) is 0 Å². The van der Waals surface area contributed by atoms with Crippen LogP contribution >= 0.6 is 0 Å². The summed E-state index contributed by atoms with van der Waals surface area (Å²) in [5.74, 6) is -0.124. The lowest BCUT2D eigenvalue weighted by Crippen LogP contribution is -2.19. The maximum Gasteiger partial charge on any atom is 0.257 e. The Kier molecular flexibility index (Phi) is 3.92. The molecule has 0 unspecified atom stereocenters. The number of anilines is 2. The van der Waals surface area contributed by atoms with Crippen molar-refractivity contribution in [2.45, 2.75) is 19.8 Å². The highest BCUT2D eigenvalue weighted by atomic mass is 16.2. The van der Waals surface area contributed by atoms with Crippen molar-refractivity contribution >= 4 is 23.2 Å². The predicted octanol–water partition coefficient (Wildman–Crippen LogP) is 3.60. The summed E-state index contributed by atoms with van der Waals surface area (Å²) in [7, 11) is 0. The molecule has 2 aromatic rings. The molecule has 0 radical (unpaired) electrons. The van der Waals surface area contributed by atoms with E-state index < -0.39 is 0 Å². The molecule has 0 atom stereocenters. The van der Waals surface area contributed by atoms with Crippen molar-refractivity contribution in [2.24, 2.45) is 5.92 Å². The predicted molar refractivity (Wildman–Crippen MR) is 86.9 cm³/mol. The van der Waals surface area contributed by atoms with E-state index in [2.05, 4.69) is 10.6 Å². The second kappa shape index (κ2) is 6.02. The van der Waals surface area contributed by atoms with E-state index in [0.717, 1.165) is 24.1 Å². The van der Waals surface area contributed by atoms with Crippen molar-refractivity contribution in [1.29, 1.82) is 0 Å². The highest BCUT2D eigenvalue weighted by Crippen LogP contribution is 2.30. The zero-order valence-corrected chi connectivity index (χ0v) is 12.4. The average Bonchev–Trinajstić information content (AvgIpc) is 3.32. The van der Waals surface area contributed by atoms with Gasteiger partial charge in [-0.1, -0.05) is 24.3 Å². The van der Waals surface area contributed by atoms with E-state index in [1.807, 2.05) is 37.3 Å². The first-order valence-electron chi connectivity index (χ1n) is 7.41. The number of aryl methyl sites for hydroxylation is 1. The molecule has 2 amide bonds. The molecule has 0 heterocycles. The summed E-state index contributed by atoms with van der Waals surface area (Å²) in [5.41, 5.74) is 2.85. The number of nitrogens with one attached hydrogen (secondary N) is 2. The summed E-state index contributed by atoms with van der Waals surface area (Å²) in [6.45, 7) is 1.97. The molecule has 0 spiro atoms. The number of hydrogen-bond donors (Lipinski definition) is 2. The first kappa shape index (κ1) is 14.3. The van der Waals surface area contributed by atoms with Crippen LogP contribution in [0.15, 0.2) is 48.5 Å². The minimum atomic E-state index is -0.225. The highest BCUT2D eigenvalue weighted by molar-refractivity contribution is 6.10. The first-order chi connectivity index (χ1) is 10.6. The molecule has 1 aliphatic rings. The molecule has 1 saturated carbocycles. The summed E-state index contributed by atoms with van der Waals surface area (Å²) < 4.78 is 0. The number of hydrogen-bond acceptors (Lipinski definition) is 2. The van der Waals surface area contributed by atoms with E-state index in [-0.39, 0.29) is 17.7 Å². The molecule has 4 nitrogen and oxygen atoms in total. The molecule has 0 bridgehead atoms. The number of amides is 2. The zero-order chi connectivity index (χ0) is 15.5. The molecule has 3 rings (SSSR count). The van der Waals surface area contributed by atoms with Crippen LogP contribution in [0, 0.1) is 12.8 Å². The van der Waals surface area contributed by atoms with Gasteiger partial charge in [0.15, 0.2) is 0 Å². The molecule has 0 aliphatic heterocycles. The lowest BCUT2D eigenvalue weighted by molar-refractivity contribution is -0.117. The monoisotopic (exact) mass is 294 g/mol. The van der Waals surface area contributed by atoms with Crippen molar-refractivity contribution in [1.82, 2.24) is 0 Å².